The van der Waals surface area contributed by atoms with Gasteiger partial charge >= 0.3 is 0 Å². The minimum atomic E-state index is -0.222. The number of benzene rings is 1. The fraction of sp³-hybridized carbons (Fsp3) is 0.600. The van der Waals surface area contributed by atoms with E-state index in [1.807, 2.05) is 0 Å². The molecule has 25 heavy (non-hydrogen) atoms. The average Bonchev–Trinajstić information content (AvgIpc) is 3.12. The van der Waals surface area contributed by atoms with Gasteiger partial charge in [0.25, 0.3) is 0 Å². The van der Waals surface area contributed by atoms with Gasteiger partial charge in [-0.05, 0) is 49.3 Å². The molecule has 4 rings (SSSR count). The van der Waals surface area contributed by atoms with E-state index in [-0.39, 0.29) is 5.41 Å². The van der Waals surface area contributed by atoms with Crippen LogP contribution >= 0.6 is 15.9 Å². The van der Waals surface area contributed by atoms with E-state index >= 15 is 0 Å². The summed E-state index contributed by atoms with van der Waals surface area (Å²) in [4.78, 5) is 0. The van der Waals surface area contributed by atoms with Gasteiger partial charge in [0.1, 0.15) is 0 Å². The van der Waals surface area contributed by atoms with Crippen LogP contribution in [-0.4, -0.2) is 23.4 Å². The number of nitrogens with zero attached hydrogens (tertiary/aromatic N) is 2. The Bertz CT molecular complexity index is 703. The maximum absolute atomic E-state index is 6.23. The van der Waals surface area contributed by atoms with Crippen LogP contribution in [0, 0.1) is 5.92 Å². The molecule has 4 nitrogen and oxygen atoms in total. The SMILES string of the molecule is Brc1cccc(C2(c3nnc(CC4CCCCC4)o3)CCOCC2)c1. The summed E-state index contributed by atoms with van der Waals surface area (Å²) in [7, 11) is 0. The van der Waals surface area contributed by atoms with Crippen LogP contribution in [0.1, 0.15) is 62.3 Å². The topological polar surface area (TPSA) is 48.2 Å². The third-order valence-corrected chi connectivity index (χ3v) is 6.28. The van der Waals surface area contributed by atoms with Gasteiger partial charge in [-0.15, -0.1) is 10.2 Å². The van der Waals surface area contributed by atoms with Crippen molar-refractivity contribution in [2.24, 2.45) is 5.92 Å². The molecule has 1 saturated carbocycles. The molecule has 0 unspecified atom stereocenters. The molecule has 1 saturated heterocycles. The van der Waals surface area contributed by atoms with E-state index in [4.69, 9.17) is 9.15 Å². The Kier molecular flexibility index (Phi) is 5.23. The molecule has 0 N–H and O–H groups in total. The van der Waals surface area contributed by atoms with Crippen molar-refractivity contribution in [3.63, 3.8) is 0 Å². The van der Waals surface area contributed by atoms with Gasteiger partial charge in [0.05, 0.1) is 5.41 Å². The molecule has 1 aliphatic carbocycles. The van der Waals surface area contributed by atoms with Crippen LogP contribution in [0.2, 0.25) is 0 Å². The fourth-order valence-corrected chi connectivity index (χ4v) is 4.70. The number of rotatable bonds is 4. The highest BCUT2D eigenvalue weighted by Gasteiger charge is 2.41. The first-order valence-corrected chi connectivity index (χ1v) is 10.2. The van der Waals surface area contributed by atoms with Crippen molar-refractivity contribution in [3.8, 4) is 0 Å². The maximum atomic E-state index is 6.23. The maximum Gasteiger partial charge on any atom is 0.227 e. The van der Waals surface area contributed by atoms with Crippen LogP contribution < -0.4 is 0 Å². The standard InChI is InChI=1S/C20H25BrN2O2/c21-17-8-4-7-16(14-17)20(9-11-24-12-10-20)19-23-22-18(25-19)13-15-5-2-1-3-6-15/h4,7-8,14-15H,1-3,5-6,9-13H2. The molecular formula is C20H25BrN2O2. The predicted molar refractivity (Wildman–Crippen MR) is 99.6 cm³/mol. The van der Waals surface area contributed by atoms with E-state index in [0.29, 0.717) is 5.92 Å². The third kappa shape index (κ3) is 3.68. The van der Waals surface area contributed by atoms with Crippen LogP contribution in [-0.2, 0) is 16.6 Å². The summed E-state index contributed by atoms with van der Waals surface area (Å²) >= 11 is 3.60. The quantitative estimate of drug-likeness (QED) is 0.714. The minimum absolute atomic E-state index is 0.222. The van der Waals surface area contributed by atoms with E-state index in [1.54, 1.807) is 0 Å². The molecule has 134 valence electrons. The molecule has 2 aromatic rings. The largest absolute Gasteiger partial charge is 0.424 e. The highest BCUT2D eigenvalue weighted by molar-refractivity contribution is 9.10. The van der Waals surface area contributed by atoms with Crippen LogP contribution in [0.3, 0.4) is 0 Å². The van der Waals surface area contributed by atoms with Gasteiger partial charge in [-0.1, -0.05) is 47.3 Å². The highest BCUT2D eigenvalue weighted by atomic mass is 79.9. The Hall–Kier alpha value is -1.20. The van der Waals surface area contributed by atoms with Crippen molar-refractivity contribution in [1.82, 2.24) is 10.2 Å². The number of aromatic nitrogens is 2. The zero-order chi connectivity index (χ0) is 17.1. The zero-order valence-electron chi connectivity index (χ0n) is 14.5. The van der Waals surface area contributed by atoms with E-state index in [0.717, 1.165) is 48.7 Å². The average molecular weight is 405 g/mol. The minimum Gasteiger partial charge on any atom is -0.424 e. The molecule has 2 fully saturated rings. The van der Waals surface area contributed by atoms with Crippen molar-refractivity contribution < 1.29 is 9.15 Å². The Labute approximate surface area is 157 Å². The van der Waals surface area contributed by atoms with Crippen molar-refractivity contribution in [2.45, 2.75) is 56.8 Å². The first-order valence-electron chi connectivity index (χ1n) is 9.43. The number of hydrogen-bond acceptors (Lipinski definition) is 4. The smallest absolute Gasteiger partial charge is 0.227 e. The van der Waals surface area contributed by atoms with E-state index in [1.165, 1.54) is 37.7 Å². The fourth-order valence-electron chi connectivity index (χ4n) is 4.30. The van der Waals surface area contributed by atoms with Crippen molar-refractivity contribution >= 4 is 15.9 Å². The zero-order valence-corrected chi connectivity index (χ0v) is 16.1. The lowest BCUT2D eigenvalue weighted by molar-refractivity contribution is 0.0539. The number of ether oxygens (including phenoxy) is 1. The summed E-state index contributed by atoms with van der Waals surface area (Å²) in [6, 6.07) is 8.48. The first kappa shape index (κ1) is 17.2. The Morgan fingerprint density at radius 3 is 2.64 bits per heavy atom. The summed E-state index contributed by atoms with van der Waals surface area (Å²) < 4.78 is 12.9. The van der Waals surface area contributed by atoms with Gasteiger partial charge in [-0.3, -0.25) is 0 Å². The lowest BCUT2D eigenvalue weighted by Gasteiger charge is -2.34. The Balaban J connectivity index is 1.62. The van der Waals surface area contributed by atoms with Crippen LogP contribution in [0.5, 0.6) is 0 Å². The second-order valence-corrected chi connectivity index (χ2v) is 8.33. The van der Waals surface area contributed by atoms with Crippen LogP contribution in [0.15, 0.2) is 33.2 Å². The molecule has 0 atom stereocenters. The van der Waals surface area contributed by atoms with E-state index < -0.39 is 0 Å². The van der Waals surface area contributed by atoms with Gasteiger partial charge in [0.2, 0.25) is 11.8 Å². The molecule has 1 aromatic carbocycles. The van der Waals surface area contributed by atoms with Crippen LogP contribution in [0.25, 0.3) is 0 Å². The molecule has 5 heteroatoms. The molecular weight excluding hydrogens is 380 g/mol. The molecule has 0 amide bonds. The molecule has 0 spiro atoms. The summed E-state index contributed by atoms with van der Waals surface area (Å²) in [6.07, 6.45) is 9.33. The van der Waals surface area contributed by atoms with Gasteiger partial charge in [0, 0.05) is 24.1 Å². The third-order valence-electron chi connectivity index (χ3n) is 5.79. The normalized spacial score (nSPS) is 21.3. The van der Waals surface area contributed by atoms with Gasteiger partial charge in [-0.2, -0.15) is 0 Å². The number of hydrogen-bond donors (Lipinski definition) is 0. The van der Waals surface area contributed by atoms with Crippen molar-refractivity contribution in [2.75, 3.05) is 13.2 Å². The second kappa shape index (κ2) is 7.58. The Morgan fingerprint density at radius 1 is 1.08 bits per heavy atom. The summed E-state index contributed by atoms with van der Waals surface area (Å²) in [5.74, 6) is 2.28. The molecule has 2 heterocycles. The van der Waals surface area contributed by atoms with Gasteiger partial charge in [-0.25, -0.2) is 0 Å². The van der Waals surface area contributed by atoms with E-state index in [9.17, 15) is 0 Å². The lowest BCUT2D eigenvalue weighted by atomic mass is 9.74. The van der Waals surface area contributed by atoms with Gasteiger partial charge in [0.15, 0.2) is 0 Å². The summed E-state index contributed by atoms with van der Waals surface area (Å²) in [5.41, 5.74) is 1.01. The van der Waals surface area contributed by atoms with Gasteiger partial charge < -0.3 is 9.15 Å². The Morgan fingerprint density at radius 2 is 1.88 bits per heavy atom. The second-order valence-electron chi connectivity index (χ2n) is 7.41. The summed E-state index contributed by atoms with van der Waals surface area (Å²) in [5, 5.41) is 8.91. The highest BCUT2D eigenvalue weighted by Crippen LogP contribution is 2.41. The predicted octanol–water partition coefficient (Wildman–Crippen LogP) is 5.05. The summed E-state index contributed by atoms with van der Waals surface area (Å²) in [6.45, 7) is 1.46. The van der Waals surface area contributed by atoms with E-state index in [2.05, 4.69) is 50.4 Å². The molecule has 1 aromatic heterocycles. The molecule has 1 aliphatic heterocycles. The number of halogens is 1. The monoisotopic (exact) mass is 404 g/mol. The molecule has 0 radical (unpaired) electrons. The molecule has 0 bridgehead atoms. The van der Waals surface area contributed by atoms with Crippen molar-refractivity contribution in [1.29, 1.82) is 0 Å². The first-order chi connectivity index (χ1) is 12.3. The lowest BCUT2D eigenvalue weighted by Crippen LogP contribution is -2.35. The van der Waals surface area contributed by atoms with Crippen LogP contribution in [0.4, 0.5) is 0 Å². The van der Waals surface area contributed by atoms with Crippen molar-refractivity contribution in [3.05, 3.63) is 46.1 Å². The molecule has 2 aliphatic rings.